The van der Waals surface area contributed by atoms with Crippen LogP contribution in [0.4, 0.5) is 5.69 Å². The fourth-order valence-corrected chi connectivity index (χ4v) is 3.35. The molecule has 6 heteroatoms. The van der Waals surface area contributed by atoms with Gasteiger partial charge in [-0.2, -0.15) is 8.42 Å². The molecule has 1 unspecified atom stereocenters. The topological polar surface area (TPSA) is 59.5 Å². The van der Waals surface area contributed by atoms with Crippen LogP contribution >= 0.6 is 0 Å². The molecular weight excluding hydrogens is 312 g/mol. The molecule has 1 aliphatic rings. The van der Waals surface area contributed by atoms with Gasteiger partial charge < -0.3 is 4.90 Å². The van der Waals surface area contributed by atoms with Crippen molar-refractivity contribution in [2.45, 2.75) is 13.0 Å². The second-order valence-corrected chi connectivity index (χ2v) is 7.54. The molecule has 1 aromatic heterocycles. The predicted octanol–water partition coefficient (Wildman–Crippen LogP) is 2.24. The summed E-state index contributed by atoms with van der Waals surface area (Å²) in [7, 11) is -3.42. The zero-order valence-electron chi connectivity index (χ0n) is 13.1. The zero-order chi connectivity index (χ0) is 16.3. The summed E-state index contributed by atoms with van der Waals surface area (Å²) in [5.41, 5.74) is 3.33. The van der Waals surface area contributed by atoms with Crippen LogP contribution in [0.5, 0.6) is 0 Å². The van der Waals surface area contributed by atoms with Gasteiger partial charge in [0.25, 0.3) is 10.1 Å². The van der Waals surface area contributed by atoms with Crippen LogP contribution in [-0.4, -0.2) is 32.8 Å². The highest BCUT2D eigenvalue weighted by atomic mass is 32.2. The minimum atomic E-state index is -3.42. The monoisotopic (exact) mass is 332 g/mol. The molecule has 3 rings (SSSR count). The van der Waals surface area contributed by atoms with Crippen LogP contribution in [0.1, 0.15) is 11.3 Å². The lowest BCUT2D eigenvalue weighted by Crippen LogP contribution is -2.37. The first kappa shape index (κ1) is 16.0. The van der Waals surface area contributed by atoms with E-state index in [2.05, 4.69) is 28.1 Å². The number of aromatic nitrogens is 1. The van der Waals surface area contributed by atoms with Crippen molar-refractivity contribution in [2.75, 3.05) is 24.3 Å². The number of hydrogen-bond acceptors (Lipinski definition) is 5. The van der Waals surface area contributed by atoms with Crippen molar-refractivity contribution >= 4 is 15.8 Å². The number of hydrogen-bond donors (Lipinski definition) is 0. The molecule has 0 aliphatic carbocycles. The van der Waals surface area contributed by atoms with Gasteiger partial charge in [0.2, 0.25) is 0 Å². The summed E-state index contributed by atoms with van der Waals surface area (Å²) in [6.07, 6.45) is 3.60. The molecule has 1 aliphatic heterocycles. The van der Waals surface area contributed by atoms with E-state index in [-0.39, 0.29) is 12.5 Å². The van der Waals surface area contributed by atoms with E-state index in [1.54, 1.807) is 6.20 Å². The molecule has 2 aromatic rings. The van der Waals surface area contributed by atoms with Crippen LogP contribution in [0.2, 0.25) is 0 Å². The van der Waals surface area contributed by atoms with Gasteiger partial charge in [0.15, 0.2) is 0 Å². The Bertz CT molecular complexity index is 762. The Morgan fingerprint density at radius 3 is 2.74 bits per heavy atom. The molecule has 0 spiro atoms. The third-order valence-corrected chi connectivity index (χ3v) is 4.47. The summed E-state index contributed by atoms with van der Waals surface area (Å²) < 4.78 is 27.5. The van der Waals surface area contributed by atoms with Crippen LogP contribution in [0, 0.1) is 5.92 Å². The highest BCUT2D eigenvalue weighted by molar-refractivity contribution is 7.85. The van der Waals surface area contributed by atoms with Gasteiger partial charge >= 0.3 is 0 Å². The predicted molar refractivity (Wildman–Crippen MR) is 89.7 cm³/mol. The minimum Gasteiger partial charge on any atom is -0.365 e. The number of fused-ring (bicyclic) bond motifs is 1. The molecule has 2 heterocycles. The summed E-state index contributed by atoms with van der Waals surface area (Å²) in [6.45, 7) is 1.72. The minimum absolute atomic E-state index is 0.107. The van der Waals surface area contributed by atoms with E-state index in [0.717, 1.165) is 37.1 Å². The van der Waals surface area contributed by atoms with Gasteiger partial charge in [-0.1, -0.05) is 30.3 Å². The van der Waals surface area contributed by atoms with Gasteiger partial charge in [-0.25, -0.2) is 0 Å². The quantitative estimate of drug-likeness (QED) is 0.786. The molecule has 0 saturated heterocycles. The largest absolute Gasteiger partial charge is 0.365 e. The maximum absolute atomic E-state index is 11.2. The van der Waals surface area contributed by atoms with Crippen LogP contribution < -0.4 is 4.90 Å². The maximum Gasteiger partial charge on any atom is 0.264 e. The lowest BCUT2D eigenvalue weighted by Gasteiger charge is -2.35. The Hall–Kier alpha value is -1.92. The van der Waals surface area contributed by atoms with Crippen molar-refractivity contribution in [1.82, 2.24) is 4.98 Å². The van der Waals surface area contributed by atoms with Crippen LogP contribution in [0.3, 0.4) is 0 Å². The molecule has 0 fully saturated rings. The van der Waals surface area contributed by atoms with E-state index in [1.807, 2.05) is 24.3 Å². The highest BCUT2D eigenvalue weighted by Crippen LogP contribution is 2.29. The summed E-state index contributed by atoms with van der Waals surface area (Å²) in [5, 5.41) is 0. The number of benzene rings is 1. The Morgan fingerprint density at radius 2 is 2.00 bits per heavy atom. The highest BCUT2D eigenvalue weighted by Gasteiger charge is 2.26. The van der Waals surface area contributed by atoms with Crippen molar-refractivity contribution in [3.05, 3.63) is 59.9 Å². The molecule has 1 atom stereocenters. The fraction of sp³-hybridized carbons (Fsp3) is 0.353. The third kappa shape index (κ3) is 4.30. The number of rotatable bonds is 5. The standard InChI is InChI=1S/C17H20N2O3S/c1-23(20,21)22-13-15-10-16-17(8-5-9-18-16)19(12-15)11-14-6-3-2-4-7-14/h2-9,15H,10-13H2,1H3. The molecule has 1 aromatic carbocycles. The Labute approximate surface area is 137 Å². The van der Waals surface area contributed by atoms with Crippen molar-refractivity contribution in [3.63, 3.8) is 0 Å². The van der Waals surface area contributed by atoms with Gasteiger partial charge in [0.1, 0.15) is 0 Å². The summed E-state index contributed by atoms with van der Waals surface area (Å²) in [5.74, 6) is 0.107. The number of anilines is 1. The fourth-order valence-electron chi connectivity index (χ4n) is 2.91. The van der Waals surface area contributed by atoms with Gasteiger partial charge in [-0.3, -0.25) is 9.17 Å². The Kier molecular flexibility index (Phi) is 4.63. The van der Waals surface area contributed by atoms with Gasteiger partial charge in [0, 0.05) is 25.2 Å². The van der Waals surface area contributed by atoms with E-state index in [4.69, 9.17) is 4.18 Å². The van der Waals surface area contributed by atoms with E-state index in [0.29, 0.717) is 0 Å². The normalized spacial score (nSPS) is 17.8. The molecule has 122 valence electrons. The van der Waals surface area contributed by atoms with E-state index >= 15 is 0 Å². The van der Waals surface area contributed by atoms with Crippen molar-refractivity contribution in [1.29, 1.82) is 0 Å². The molecular formula is C17H20N2O3S. The van der Waals surface area contributed by atoms with E-state index < -0.39 is 10.1 Å². The van der Waals surface area contributed by atoms with Gasteiger partial charge in [-0.15, -0.1) is 0 Å². The first-order valence-electron chi connectivity index (χ1n) is 7.58. The molecule has 23 heavy (non-hydrogen) atoms. The lowest BCUT2D eigenvalue weighted by molar-refractivity contribution is 0.251. The molecule has 5 nitrogen and oxygen atoms in total. The Morgan fingerprint density at radius 1 is 1.22 bits per heavy atom. The average Bonchev–Trinajstić information content (AvgIpc) is 2.53. The second kappa shape index (κ2) is 6.68. The zero-order valence-corrected chi connectivity index (χ0v) is 13.9. The Balaban J connectivity index is 1.79. The number of nitrogens with zero attached hydrogens (tertiary/aromatic N) is 2. The van der Waals surface area contributed by atoms with Crippen LogP contribution in [0.25, 0.3) is 0 Å². The summed E-state index contributed by atoms with van der Waals surface area (Å²) in [4.78, 5) is 6.71. The second-order valence-electron chi connectivity index (χ2n) is 5.89. The molecule has 0 N–H and O–H groups in total. The third-order valence-electron chi connectivity index (χ3n) is 3.90. The smallest absolute Gasteiger partial charge is 0.264 e. The molecule has 0 saturated carbocycles. The van der Waals surface area contributed by atoms with E-state index in [9.17, 15) is 8.42 Å². The molecule has 0 amide bonds. The summed E-state index contributed by atoms with van der Waals surface area (Å²) >= 11 is 0. The summed E-state index contributed by atoms with van der Waals surface area (Å²) in [6, 6.07) is 14.2. The SMILES string of the molecule is CS(=O)(=O)OCC1Cc2ncccc2N(Cc2ccccc2)C1. The maximum atomic E-state index is 11.2. The van der Waals surface area contributed by atoms with Crippen molar-refractivity contribution < 1.29 is 12.6 Å². The van der Waals surface area contributed by atoms with Gasteiger partial charge in [-0.05, 0) is 24.1 Å². The lowest BCUT2D eigenvalue weighted by atomic mass is 9.96. The van der Waals surface area contributed by atoms with Crippen molar-refractivity contribution in [3.8, 4) is 0 Å². The van der Waals surface area contributed by atoms with Crippen LogP contribution in [0.15, 0.2) is 48.7 Å². The number of pyridine rings is 1. The first-order chi connectivity index (χ1) is 11.0. The first-order valence-corrected chi connectivity index (χ1v) is 9.40. The van der Waals surface area contributed by atoms with E-state index in [1.165, 1.54) is 5.56 Å². The molecule has 0 radical (unpaired) electrons. The molecule has 0 bridgehead atoms. The van der Waals surface area contributed by atoms with Crippen LogP contribution in [-0.2, 0) is 27.3 Å². The van der Waals surface area contributed by atoms with Crippen molar-refractivity contribution in [2.24, 2.45) is 5.92 Å². The average molecular weight is 332 g/mol. The van der Waals surface area contributed by atoms with Gasteiger partial charge in [0.05, 0.1) is 24.2 Å².